The van der Waals surface area contributed by atoms with Gasteiger partial charge in [0.1, 0.15) is 0 Å². The number of aliphatic hydroxyl groups excluding tert-OH is 1. The summed E-state index contributed by atoms with van der Waals surface area (Å²) in [6.45, 7) is -0.0244. The van der Waals surface area contributed by atoms with Gasteiger partial charge in [-0.05, 0) is 11.4 Å². The number of hydrogen-bond donors (Lipinski definition) is 2. The van der Waals surface area contributed by atoms with Crippen LogP contribution >= 0.6 is 11.3 Å². The van der Waals surface area contributed by atoms with Crippen molar-refractivity contribution in [3.05, 3.63) is 22.4 Å². The van der Waals surface area contributed by atoms with Gasteiger partial charge in [-0.25, -0.2) is 0 Å². The van der Waals surface area contributed by atoms with Crippen LogP contribution < -0.4 is 5.73 Å². The SMILES string of the molecule is NC(=O)CC(CO)c1cccs1. The van der Waals surface area contributed by atoms with Crippen LogP contribution in [0.2, 0.25) is 0 Å². The Balaban J connectivity index is 2.63. The van der Waals surface area contributed by atoms with Crippen LogP contribution in [0.25, 0.3) is 0 Å². The van der Waals surface area contributed by atoms with Gasteiger partial charge in [0.05, 0.1) is 6.61 Å². The van der Waals surface area contributed by atoms with Gasteiger partial charge in [0.2, 0.25) is 5.91 Å². The molecule has 0 bridgehead atoms. The lowest BCUT2D eigenvalue weighted by atomic mass is 10.0. The first-order valence-electron chi connectivity index (χ1n) is 3.66. The Labute approximate surface area is 74.8 Å². The van der Waals surface area contributed by atoms with Crippen LogP contribution in [0.1, 0.15) is 17.2 Å². The summed E-state index contributed by atoms with van der Waals surface area (Å²) in [6.07, 6.45) is 0.219. The van der Waals surface area contributed by atoms with Crippen LogP contribution in [-0.4, -0.2) is 17.6 Å². The highest BCUT2D eigenvalue weighted by atomic mass is 32.1. The van der Waals surface area contributed by atoms with Crippen LogP contribution in [0.4, 0.5) is 0 Å². The zero-order valence-electron chi connectivity index (χ0n) is 6.56. The second kappa shape index (κ2) is 4.23. The number of amides is 1. The van der Waals surface area contributed by atoms with E-state index in [4.69, 9.17) is 10.8 Å². The van der Waals surface area contributed by atoms with Gasteiger partial charge in [-0.3, -0.25) is 4.79 Å². The maximum atomic E-state index is 10.6. The van der Waals surface area contributed by atoms with Gasteiger partial charge < -0.3 is 10.8 Å². The molecule has 0 spiro atoms. The van der Waals surface area contributed by atoms with Crippen molar-refractivity contribution in [2.45, 2.75) is 12.3 Å². The fraction of sp³-hybridized carbons (Fsp3) is 0.375. The van der Waals surface area contributed by atoms with Gasteiger partial charge in [-0.1, -0.05) is 6.07 Å². The molecule has 1 aromatic rings. The molecular weight excluding hydrogens is 174 g/mol. The predicted molar refractivity (Wildman–Crippen MR) is 48.0 cm³/mol. The third kappa shape index (κ3) is 2.32. The summed E-state index contributed by atoms with van der Waals surface area (Å²) in [7, 11) is 0. The topological polar surface area (TPSA) is 63.3 Å². The highest BCUT2D eigenvalue weighted by molar-refractivity contribution is 7.10. The Morgan fingerprint density at radius 2 is 2.50 bits per heavy atom. The van der Waals surface area contributed by atoms with Crippen molar-refractivity contribution in [3.63, 3.8) is 0 Å². The molecular formula is C8H11NO2S. The first kappa shape index (κ1) is 9.22. The Hall–Kier alpha value is -0.870. The lowest BCUT2D eigenvalue weighted by Gasteiger charge is -2.08. The van der Waals surface area contributed by atoms with E-state index in [-0.39, 0.29) is 24.9 Å². The third-order valence-corrected chi connectivity index (χ3v) is 2.65. The molecule has 0 aliphatic carbocycles. The number of hydrogen-bond acceptors (Lipinski definition) is 3. The molecule has 4 heteroatoms. The van der Waals surface area contributed by atoms with Gasteiger partial charge >= 0.3 is 0 Å². The van der Waals surface area contributed by atoms with Gasteiger partial charge in [0.25, 0.3) is 0 Å². The van der Waals surface area contributed by atoms with Crippen molar-refractivity contribution in [2.24, 2.45) is 5.73 Å². The fourth-order valence-electron chi connectivity index (χ4n) is 1.02. The molecule has 12 heavy (non-hydrogen) atoms. The van der Waals surface area contributed by atoms with Crippen LogP contribution in [0.3, 0.4) is 0 Å². The molecule has 1 amide bonds. The monoisotopic (exact) mass is 185 g/mol. The normalized spacial score (nSPS) is 12.8. The van der Waals surface area contributed by atoms with Crippen LogP contribution in [0, 0.1) is 0 Å². The van der Waals surface area contributed by atoms with Crippen molar-refractivity contribution in [2.75, 3.05) is 6.61 Å². The van der Waals surface area contributed by atoms with E-state index in [0.29, 0.717) is 0 Å². The second-order valence-corrected chi connectivity index (χ2v) is 3.54. The van der Waals surface area contributed by atoms with E-state index in [0.717, 1.165) is 4.88 Å². The minimum absolute atomic E-state index is 0.0244. The average Bonchev–Trinajstić information content (AvgIpc) is 2.51. The summed E-state index contributed by atoms with van der Waals surface area (Å²) in [5.41, 5.74) is 5.03. The van der Waals surface area contributed by atoms with Crippen LogP contribution in [0.15, 0.2) is 17.5 Å². The molecule has 1 heterocycles. The molecule has 0 saturated carbocycles. The maximum absolute atomic E-state index is 10.6. The molecule has 1 atom stereocenters. The number of carbonyl (C=O) groups excluding carboxylic acids is 1. The Kier molecular flexibility index (Phi) is 3.25. The van der Waals surface area contributed by atoms with Gasteiger partial charge in [-0.2, -0.15) is 0 Å². The van der Waals surface area contributed by atoms with Crippen molar-refractivity contribution in [1.82, 2.24) is 0 Å². The molecule has 0 radical (unpaired) electrons. The molecule has 3 nitrogen and oxygen atoms in total. The number of primary amides is 1. The summed E-state index contributed by atoms with van der Waals surface area (Å²) >= 11 is 1.53. The Bertz CT molecular complexity index is 246. The second-order valence-electron chi connectivity index (χ2n) is 2.57. The Morgan fingerprint density at radius 1 is 1.75 bits per heavy atom. The molecule has 0 saturated heterocycles. The number of carbonyl (C=O) groups is 1. The van der Waals surface area contributed by atoms with E-state index in [9.17, 15) is 4.79 Å². The molecule has 1 unspecified atom stereocenters. The van der Waals surface area contributed by atoms with Crippen LogP contribution in [0.5, 0.6) is 0 Å². The Morgan fingerprint density at radius 3 is 2.92 bits per heavy atom. The summed E-state index contributed by atoms with van der Waals surface area (Å²) in [6, 6.07) is 3.79. The smallest absolute Gasteiger partial charge is 0.218 e. The van der Waals surface area contributed by atoms with Crippen molar-refractivity contribution < 1.29 is 9.90 Å². The number of nitrogens with two attached hydrogens (primary N) is 1. The van der Waals surface area contributed by atoms with E-state index in [1.165, 1.54) is 11.3 Å². The van der Waals surface area contributed by atoms with Crippen molar-refractivity contribution >= 4 is 17.2 Å². The minimum Gasteiger partial charge on any atom is -0.396 e. The fourth-order valence-corrected chi connectivity index (χ4v) is 1.84. The lowest BCUT2D eigenvalue weighted by Crippen LogP contribution is -2.16. The number of rotatable bonds is 4. The van der Waals surface area contributed by atoms with E-state index >= 15 is 0 Å². The third-order valence-electron chi connectivity index (χ3n) is 1.61. The lowest BCUT2D eigenvalue weighted by molar-refractivity contribution is -0.118. The van der Waals surface area contributed by atoms with Gasteiger partial charge in [0, 0.05) is 17.2 Å². The molecule has 66 valence electrons. The van der Waals surface area contributed by atoms with Crippen molar-refractivity contribution in [3.8, 4) is 0 Å². The molecule has 0 aliphatic heterocycles. The van der Waals surface area contributed by atoms with E-state index in [1.807, 2.05) is 17.5 Å². The molecule has 0 aliphatic rings. The summed E-state index contributed by atoms with van der Waals surface area (Å²) < 4.78 is 0. The molecule has 1 aromatic heterocycles. The zero-order chi connectivity index (χ0) is 8.97. The molecule has 3 N–H and O–H groups in total. The van der Waals surface area contributed by atoms with E-state index in [1.54, 1.807) is 0 Å². The highest BCUT2D eigenvalue weighted by Gasteiger charge is 2.13. The zero-order valence-corrected chi connectivity index (χ0v) is 7.38. The summed E-state index contributed by atoms with van der Waals surface area (Å²) in [5.74, 6) is -0.495. The molecule has 0 aromatic carbocycles. The van der Waals surface area contributed by atoms with Crippen LogP contribution in [-0.2, 0) is 4.79 Å². The first-order chi connectivity index (χ1) is 5.74. The summed E-state index contributed by atoms with van der Waals surface area (Å²) in [5, 5.41) is 10.9. The van der Waals surface area contributed by atoms with Gasteiger partial charge in [0.15, 0.2) is 0 Å². The van der Waals surface area contributed by atoms with E-state index < -0.39 is 0 Å². The number of thiophene rings is 1. The van der Waals surface area contributed by atoms with Gasteiger partial charge in [-0.15, -0.1) is 11.3 Å². The largest absolute Gasteiger partial charge is 0.396 e. The molecule has 0 fully saturated rings. The average molecular weight is 185 g/mol. The van der Waals surface area contributed by atoms with Crippen molar-refractivity contribution in [1.29, 1.82) is 0 Å². The standard InChI is InChI=1S/C8H11NO2S/c9-8(11)4-6(5-10)7-2-1-3-12-7/h1-3,6,10H,4-5H2,(H2,9,11). The molecule has 1 rings (SSSR count). The first-order valence-corrected chi connectivity index (χ1v) is 4.54. The number of aliphatic hydroxyl groups is 1. The van der Waals surface area contributed by atoms with E-state index in [2.05, 4.69) is 0 Å². The predicted octanol–water partition coefficient (Wildman–Crippen LogP) is 0.699. The quantitative estimate of drug-likeness (QED) is 0.725. The maximum Gasteiger partial charge on any atom is 0.218 e. The minimum atomic E-state index is -0.373. The highest BCUT2D eigenvalue weighted by Crippen LogP contribution is 2.23. The summed E-state index contributed by atoms with van der Waals surface area (Å²) in [4.78, 5) is 11.6.